The molecule has 0 saturated carbocycles. The smallest absolute Gasteiger partial charge is 0.180 e. The second-order valence-corrected chi connectivity index (χ2v) is 5.68. The second kappa shape index (κ2) is 5.88. The van der Waals surface area contributed by atoms with Crippen LogP contribution in [-0.4, -0.2) is 19.3 Å². The maximum absolute atomic E-state index is 10.4. The molecule has 0 amide bonds. The van der Waals surface area contributed by atoms with Gasteiger partial charge in [-0.2, -0.15) is 0 Å². The summed E-state index contributed by atoms with van der Waals surface area (Å²) in [4.78, 5) is 0. The summed E-state index contributed by atoms with van der Waals surface area (Å²) in [5.74, 6) is 2.22. The maximum Gasteiger partial charge on any atom is 0.180 e. The molecular weight excluding hydrogens is 292 g/mol. The molecule has 0 fully saturated rings. The summed E-state index contributed by atoms with van der Waals surface area (Å²) in [6.45, 7) is 4.03. The Morgan fingerprint density at radius 3 is 2.43 bits per heavy atom. The van der Waals surface area contributed by atoms with Gasteiger partial charge in [0.05, 0.1) is 14.2 Å². The fourth-order valence-corrected chi connectivity index (χ4v) is 2.92. The molecule has 4 nitrogen and oxygen atoms in total. The van der Waals surface area contributed by atoms with Crippen molar-refractivity contribution in [2.75, 3.05) is 14.2 Å². The molecule has 1 aliphatic heterocycles. The summed E-state index contributed by atoms with van der Waals surface area (Å²) in [6, 6.07) is 9.57. The van der Waals surface area contributed by atoms with Gasteiger partial charge in [0.15, 0.2) is 17.6 Å². The number of aliphatic hydroxyl groups is 1. The average Bonchev–Trinajstić information content (AvgIpc) is 2.53. The van der Waals surface area contributed by atoms with E-state index in [2.05, 4.69) is 6.07 Å². The standard InChI is InChI=1S/C19H20O4/c1-11-7-12(2)18-14(8-11)9-15(20)19(23-18)13-5-6-16(21-3)17(10-13)22-4/h5-10,19-20H,1-4H3. The average molecular weight is 312 g/mol. The van der Waals surface area contributed by atoms with Gasteiger partial charge in [-0.05, 0) is 43.7 Å². The number of fused-ring (bicyclic) bond motifs is 1. The van der Waals surface area contributed by atoms with Crippen molar-refractivity contribution in [3.8, 4) is 17.2 Å². The number of benzene rings is 2. The summed E-state index contributed by atoms with van der Waals surface area (Å²) < 4.78 is 16.7. The highest BCUT2D eigenvalue weighted by Crippen LogP contribution is 2.40. The SMILES string of the molecule is COc1ccc(C2Oc3c(C)cc(C)cc3C=C2O)cc1OC. The van der Waals surface area contributed by atoms with E-state index in [1.165, 1.54) is 0 Å². The van der Waals surface area contributed by atoms with Crippen molar-refractivity contribution < 1.29 is 19.3 Å². The predicted octanol–water partition coefficient (Wildman–Crippen LogP) is 4.35. The summed E-state index contributed by atoms with van der Waals surface area (Å²) >= 11 is 0. The van der Waals surface area contributed by atoms with Gasteiger partial charge in [-0.15, -0.1) is 0 Å². The summed E-state index contributed by atoms with van der Waals surface area (Å²) in [6.07, 6.45) is 1.21. The van der Waals surface area contributed by atoms with Gasteiger partial charge in [-0.3, -0.25) is 0 Å². The highest BCUT2D eigenvalue weighted by atomic mass is 16.5. The Kier molecular flexibility index (Phi) is 3.90. The molecule has 2 aromatic rings. The van der Waals surface area contributed by atoms with Crippen LogP contribution >= 0.6 is 0 Å². The van der Waals surface area contributed by atoms with Crippen LogP contribution in [0.2, 0.25) is 0 Å². The molecule has 0 bridgehead atoms. The lowest BCUT2D eigenvalue weighted by Crippen LogP contribution is -2.15. The Bertz CT molecular complexity index is 777. The zero-order valence-corrected chi connectivity index (χ0v) is 13.7. The van der Waals surface area contributed by atoms with Gasteiger partial charge in [0.2, 0.25) is 0 Å². The molecule has 2 aromatic carbocycles. The van der Waals surface area contributed by atoms with Crippen LogP contribution in [0.5, 0.6) is 17.2 Å². The Morgan fingerprint density at radius 1 is 1.00 bits per heavy atom. The monoisotopic (exact) mass is 312 g/mol. The molecule has 0 saturated heterocycles. The topological polar surface area (TPSA) is 47.9 Å². The third-order valence-electron chi connectivity index (χ3n) is 3.97. The molecule has 1 atom stereocenters. The van der Waals surface area contributed by atoms with Gasteiger partial charge < -0.3 is 19.3 Å². The molecule has 1 aliphatic rings. The van der Waals surface area contributed by atoms with Crippen LogP contribution in [-0.2, 0) is 0 Å². The van der Waals surface area contributed by atoms with E-state index in [9.17, 15) is 5.11 Å². The molecule has 0 aliphatic carbocycles. The number of rotatable bonds is 3. The van der Waals surface area contributed by atoms with E-state index in [4.69, 9.17) is 14.2 Å². The first kappa shape index (κ1) is 15.3. The summed E-state index contributed by atoms with van der Waals surface area (Å²) in [5, 5.41) is 10.4. The van der Waals surface area contributed by atoms with Crippen molar-refractivity contribution in [1.82, 2.24) is 0 Å². The lowest BCUT2D eigenvalue weighted by atomic mass is 9.98. The summed E-state index contributed by atoms with van der Waals surface area (Å²) in [5.41, 5.74) is 3.89. The van der Waals surface area contributed by atoms with Crippen LogP contribution in [0.25, 0.3) is 6.08 Å². The molecule has 0 spiro atoms. The van der Waals surface area contributed by atoms with Gasteiger partial charge >= 0.3 is 0 Å². The highest BCUT2D eigenvalue weighted by molar-refractivity contribution is 5.65. The first-order valence-corrected chi connectivity index (χ1v) is 7.44. The molecule has 1 heterocycles. The first-order chi connectivity index (χ1) is 11.0. The molecule has 0 aromatic heterocycles. The molecular formula is C19H20O4. The van der Waals surface area contributed by atoms with Gasteiger partial charge in [-0.25, -0.2) is 0 Å². The lowest BCUT2D eigenvalue weighted by molar-refractivity contribution is 0.173. The number of aliphatic hydroxyl groups excluding tert-OH is 1. The van der Waals surface area contributed by atoms with Crippen LogP contribution in [0.4, 0.5) is 0 Å². The van der Waals surface area contributed by atoms with Crippen molar-refractivity contribution in [2.45, 2.75) is 20.0 Å². The van der Waals surface area contributed by atoms with E-state index < -0.39 is 6.10 Å². The molecule has 1 unspecified atom stereocenters. The van der Waals surface area contributed by atoms with Crippen molar-refractivity contribution in [3.05, 3.63) is 58.3 Å². The third-order valence-corrected chi connectivity index (χ3v) is 3.97. The second-order valence-electron chi connectivity index (χ2n) is 5.68. The number of hydrogen-bond donors (Lipinski definition) is 1. The molecule has 4 heteroatoms. The molecule has 23 heavy (non-hydrogen) atoms. The first-order valence-electron chi connectivity index (χ1n) is 7.44. The van der Waals surface area contributed by atoms with E-state index >= 15 is 0 Å². The fraction of sp³-hybridized carbons (Fsp3) is 0.263. The van der Waals surface area contributed by atoms with Crippen LogP contribution < -0.4 is 14.2 Å². The van der Waals surface area contributed by atoms with E-state index in [1.807, 2.05) is 38.1 Å². The Labute approximate surface area is 135 Å². The van der Waals surface area contributed by atoms with Crippen molar-refractivity contribution in [1.29, 1.82) is 0 Å². The maximum atomic E-state index is 10.4. The van der Waals surface area contributed by atoms with E-state index in [0.717, 1.165) is 28.0 Å². The fourth-order valence-electron chi connectivity index (χ4n) is 2.92. The van der Waals surface area contributed by atoms with Crippen LogP contribution in [0.3, 0.4) is 0 Å². The molecule has 3 rings (SSSR count). The predicted molar refractivity (Wildman–Crippen MR) is 89.4 cm³/mol. The Morgan fingerprint density at radius 2 is 1.74 bits per heavy atom. The number of aryl methyl sites for hydroxylation is 2. The lowest BCUT2D eigenvalue weighted by Gasteiger charge is -2.26. The van der Waals surface area contributed by atoms with Crippen LogP contribution in [0.15, 0.2) is 36.1 Å². The van der Waals surface area contributed by atoms with Crippen LogP contribution in [0.1, 0.15) is 28.4 Å². The number of hydrogen-bond acceptors (Lipinski definition) is 4. The Hall–Kier alpha value is -2.62. The highest BCUT2D eigenvalue weighted by Gasteiger charge is 2.26. The van der Waals surface area contributed by atoms with Crippen molar-refractivity contribution in [3.63, 3.8) is 0 Å². The van der Waals surface area contributed by atoms with E-state index in [0.29, 0.717) is 11.5 Å². The zero-order valence-electron chi connectivity index (χ0n) is 13.7. The molecule has 120 valence electrons. The minimum absolute atomic E-state index is 0.176. The van der Waals surface area contributed by atoms with Gasteiger partial charge in [0.1, 0.15) is 11.5 Å². The Balaban J connectivity index is 2.03. The van der Waals surface area contributed by atoms with E-state index in [-0.39, 0.29) is 5.76 Å². The zero-order chi connectivity index (χ0) is 16.6. The minimum Gasteiger partial charge on any atom is -0.508 e. The van der Waals surface area contributed by atoms with E-state index in [1.54, 1.807) is 20.3 Å². The third kappa shape index (κ3) is 2.72. The quantitative estimate of drug-likeness (QED) is 0.915. The van der Waals surface area contributed by atoms with Crippen molar-refractivity contribution in [2.24, 2.45) is 0 Å². The van der Waals surface area contributed by atoms with Gasteiger partial charge in [0, 0.05) is 11.1 Å². The van der Waals surface area contributed by atoms with Crippen LogP contribution in [0, 0.1) is 13.8 Å². The number of ether oxygens (including phenoxy) is 3. The molecule has 0 radical (unpaired) electrons. The normalized spacial score (nSPS) is 16.2. The van der Waals surface area contributed by atoms with Gasteiger partial charge in [0.25, 0.3) is 0 Å². The molecule has 1 N–H and O–H groups in total. The largest absolute Gasteiger partial charge is 0.508 e. The summed E-state index contributed by atoms with van der Waals surface area (Å²) in [7, 11) is 3.18. The number of methoxy groups -OCH3 is 2. The van der Waals surface area contributed by atoms with Gasteiger partial charge in [-0.1, -0.05) is 17.7 Å². The van der Waals surface area contributed by atoms with Crippen molar-refractivity contribution >= 4 is 6.08 Å². The minimum atomic E-state index is -0.552.